The van der Waals surface area contributed by atoms with Crippen LogP contribution in [0.5, 0.6) is 11.5 Å². The first-order chi connectivity index (χ1) is 22.6. The predicted octanol–water partition coefficient (Wildman–Crippen LogP) is 7.73. The van der Waals surface area contributed by atoms with Gasteiger partial charge in [-0.25, -0.2) is 20.4 Å². The highest BCUT2D eigenvalue weighted by atomic mass is 79.9. The zero-order valence-corrected chi connectivity index (χ0v) is 28.9. The van der Waals surface area contributed by atoms with Crippen molar-refractivity contribution in [1.82, 2.24) is 10.9 Å². The van der Waals surface area contributed by atoms with Gasteiger partial charge in [0.15, 0.2) is 0 Å². The molecule has 14 heteroatoms. The van der Waals surface area contributed by atoms with Crippen LogP contribution in [-0.4, -0.2) is 36.2 Å². The summed E-state index contributed by atoms with van der Waals surface area (Å²) in [5.74, 6) is -1.54. The molecular weight excluding hydrogens is 779 g/mol. The summed E-state index contributed by atoms with van der Waals surface area (Å²) in [6.45, 7) is 0. The molecule has 4 rings (SSSR count). The molecule has 0 atom stereocenters. The maximum Gasteiger partial charge on any atom is 0.343 e. The minimum Gasteiger partial charge on any atom is -0.422 e. The number of hydrogen-bond donors (Lipinski definition) is 2. The molecule has 4 aromatic carbocycles. The number of hydrazone groups is 2. The van der Waals surface area contributed by atoms with Crippen LogP contribution in [0.3, 0.4) is 0 Å². The number of ether oxygens (including phenoxy) is 2. The lowest BCUT2D eigenvalue weighted by Gasteiger charge is -2.08. The Morgan fingerprint density at radius 3 is 1.38 bits per heavy atom. The zero-order chi connectivity index (χ0) is 33.8. The summed E-state index contributed by atoms with van der Waals surface area (Å²) in [7, 11) is 0. The molecule has 47 heavy (non-hydrogen) atoms. The van der Waals surface area contributed by atoms with Crippen molar-refractivity contribution >= 4 is 91.2 Å². The lowest BCUT2D eigenvalue weighted by molar-refractivity contribution is -0.122. The number of carbonyl (C=O) groups is 4. The van der Waals surface area contributed by atoms with Crippen LogP contribution in [0.4, 0.5) is 0 Å². The molecule has 0 aliphatic carbocycles. The fourth-order valence-electron chi connectivity index (χ4n) is 3.78. The van der Waals surface area contributed by atoms with E-state index in [1.807, 2.05) is 0 Å². The molecule has 4 aromatic rings. The summed E-state index contributed by atoms with van der Waals surface area (Å²) in [6, 6.07) is 22.4. The van der Waals surface area contributed by atoms with Gasteiger partial charge >= 0.3 is 11.9 Å². The largest absolute Gasteiger partial charge is 0.422 e. The summed E-state index contributed by atoms with van der Waals surface area (Å²) < 4.78 is 12.4. The van der Waals surface area contributed by atoms with Gasteiger partial charge in [0.1, 0.15) is 11.5 Å². The maximum absolute atomic E-state index is 12.5. The Kier molecular flexibility index (Phi) is 13.2. The molecule has 0 spiro atoms. The van der Waals surface area contributed by atoms with Crippen LogP contribution >= 0.6 is 55.1 Å². The number of halogens is 4. The van der Waals surface area contributed by atoms with Crippen LogP contribution in [0, 0.1) is 0 Å². The van der Waals surface area contributed by atoms with Gasteiger partial charge in [0.25, 0.3) is 0 Å². The fourth-order valence-corrected chi connectivity index (χ4v) is 4.79. The number of nitrogens with zero attached hydrogens (tertiary/aromatic N) is 2. The van der Waals surface area contributed by atoms with Gasteiger partial charge in [-0.15, -0.1) is 0 Å². The highest BCUT2D eigenvalue weighted by Crippen LogP contribution is 2.24. The van der Waals surface area contributed by atoms with Crippen LogP contribution < -0.4 is 20.3 Å². The van der Waals surface area contributed by atoms with Gasteiger partial charge in [0, 0.05) is 43.0 Å². The van der Waals surface area contributed by atoms with E-state index < -0.39 is 23.8 Å². The molecule has 2 amide bonds. The van der Waals surface area contributed by atoms with Crippen LogP contribution in [0.15, 0.2) is 104 Å². The van der Waals surface area contributed by atoms with Gasteiger partial charge in [0.05, 0.1) is 23.6 Å². The minimum absolute atomic E-state index is 0.0157. The molecule has 0 bridgehead atoms. The maximum atomic E-state index is 12.5. The van der Waals surface area contributed by atoms with Crippen molar-refractivity contribution in [2.24, 2.45) is 10.2 Å². The van der Waals surface area contributed by atoms with Crippen LogP contribution in [0.25, 0.3) is 0 Å². The van der Waals surface area contributed by atoms with Crippen LogP contribution in [0.1, 0.15) is 51.1 Å². The molecule has 0 aliphatic heterocycles. The van der Waals surface area contributed by atoms with E-state index in [2.05, 4.69) is 52.9 Å². The Morgan fingerprint density at radius 2 is 1.00 bits per heavy atom. The van der Waals surface area contributed by atoms with Gasteiger partial charge < -0.3 is 9.47 Å². The predicted molar refractivity (Wildman–Crippen MR) is 186 cm³/mol. The van der Waals surface area contributed by atoms with E-state index in [-0.39, 0.29) is 30.8 Å². The van der Waals surface area contributed by atoms with Gasteiger partial charge in [-0.1, -0.05) is 55.1 Å². The molecule has 0 saturated carbocycles. The number of benzene rings is 4. The Morgan fingerprint density at radius 1 is 0.617 bits per heavy atom. The number of nitrogens with one attached hydrogen (secondary N) is 2. The molecule has 240 valence electrons. The van der Waals surface area contributed by atoms with Crippen molar-refractivity contribution in [2.45, 2.75) is 19.3 Å². The lowest BCUT2D eigenvalue weighted by Crippen LogP contribution is -2.20. The first-order valence-corrected chi connectivity index (χ1v) is 16.1. The topological polar surface area (TPSA) is 136 Å². The van der Waals surface area contributed by atoms with Gasteiger partial charge in [-0.2, -0.15) is 10.2 Å². The Hall–Kier alpha value is -4.36. The number of amides is 2. The van der Waals surface area contributed by atoms with E-state index in [0.29, 0.717) is 41.2 Å². The second-order valence-corrected chi connectivity index (χ2v) is 12.3. The van der Waals surface area contributed by atoms with Gasteiger partial charge in [-0.3, -0.25) is 9.59 Å². The third kappa shape index (κ3) is 11.4. The van der Waals surface area contributed by atoms with Crippen molar-refractivity contribution < 1.29 is 28.7 Å². The molecule has 0 radical (unpaired) electrons. The zero-order valence-electron chi connectivity index (χ0n) is 24.2. The second-order valence-electron chi connectivity index (χ2n) is 9.60. The van der Waals surface area contributed by atoms with E-state index in [4.69, 9.17) is 32.7 Å². The summed E-state index contributed by atoms with van der Waals surface area (Å²) in [4.78, 5) is 49.6. The second kappa shape index (κ2) is 17.5. The third-order valence-electron chi connectivity index (χ3n) is 6.10. The van der Waals surface area contributed by atoms with E-state index in [1.54, 1.807) is 84.9 Å². The molecule has 0 aromatic heterocycles. The van der Waals surface area contributed by atoms with Crippen molar-refractivity contribution in [1.29, 1.82) is 0 Å². The number of esters is 2. The molecule has 0 fully saturated rings. The molecule has 2 N–H and O–H groups in total. The Labute approximate surface area is 296 Å². The molecular formula is C33H24Br2Cl2N4O6. The Balaban J connectivity index is 1.23. The quantitative estimate of drug-likeness (QED) is 0.0652. The Bertz CT molecular complexity index is 1700. The number of rotatable bonds is 12. The van der Waals surface area contributed by atoms with E-state index in [1.165, 1.54) is 12.4 Å². The van der Waals surface area contributed by atoms with Crippen LogP contribution in [-0.2, 0) is 9.59 Å². The van der Waals surface area contributed by atoms with Crippen molar-refractivity contribution in [3.63, 3.8) is 0 Å². The average molecular weight is 803 g/mol. The minimum atomic E-state index is -0.583. The number of carbonyl (C=O) groups excluding carboxylic acids is 4. The molecule has 0 heterocycles. The standard InChI is InChI=1S/C33H24Br2Cl2N4O6/c34-24-8-14-28(46-32(44)20-4-10-26(36)11-5-20)22(16-24)18-38-40-30(42)2-1-3-31(43)41-39-19-23-17-25(35)9-15-29(23)47-33(45)21-6-12-27(37)13-7-21/h4-19H,1-3H2,(H,40,42)(H,41,43)/b38-18+,39-19+. The summed E-state index contributed by atoms with van der Waals surface area (Å²) >= 11 is 18.5. The highest BCUT2D eigenvalue weighted by Gasteiger charge is 2.13. The normalized spacial score (nSPS) is 11.0. The highest BCUT2D eigenvalue weighted by molar-refractivity contribution is 9.10. The van der Waals surface area contributed by atoms with E-state index in [0.717, 1.165) is 0 Å². The molecule has 0 aliphatic rings. The molecule has 0 unspecified atom stereocenters. The summed E-state index contributed by atoms with van der Waals surface area (Å²) in [5.41, 5.74) is 6.30. The van der Waals surface area contributed by atoms with Gasteiger partial charge in [0.2, 0.25) is 11.8 Å². The first kappa shape index (κ1) is 35.5. The van der Waals surface area contributed by atoms with Crippen molar-refractivity contribution in [3.05, 3.63) is 126 Å². The fraction of sp³-hybridized carbons (Fsp3) is 0.0909. The van der Waals surface area contributed by atoms with E-state index in [9.17, 15) is 19.2 Å². The monoisotopic (exact) mass is 800 g/mol. The summed E-state index contributed by atoms with van der Waals surface area (Å²) in [5, 5.41) is 8.88. The van der Waals surface area contributed by atoms with Crippen LogP contribution in [0.2, 0.25) is 10.0 Å². The van der Waals surface area contributed by atoms with E-state index >= 15 is 0 Å². The average Bonchev–Trinajstić information content (AvgIpc) is 3.04. The summed E-state index contributed by atoms with van der Waals surface area (Å²) in [6.07, 6.45) is 2.95. The number of hydrogen-bond acceptors (Lipinski definition) is 8. The van der Waals surface area contributed by atoms with Crippen molar-refractivity contribution in [3.8, 4) is 11.5 Å². The molecule has 0 saturated heterocycles. The lowest BCUT2D eigenvalue weighted by atomic mass is 10.2. The molecule has 10 nitrogen and oxygen atoms in total. The first-order valence-electron chi connectivity index (χ1n) is 13.8. The SMILES string of the molecule is O=C(CCCC(=O)N/N=C/c1cc(Br)ccc1OC(=O)c1ccc(Cl)cc1)N/N=C/c1cc(Br)ccc1OC(=O)c1ccc(Cl)cc1. The van der Waals surface area contributed by atoms with Gasteiger partial charge in [-0.05, 0) is 91.3 Å². The third-order valence-corrected chi connectivity index (χ3v) is 7.59. The van der Waals surface area contributed by atoms with Crippen molar-refractivity contribution in [2.75, 3.05) is 0 Å². The smallest absolute Gasteiger partial charge is 0.343 e.